The molecule has 148 valence electrons. The van der Waals surface area contributed by atoms with Crippen molar-refractivity contribution < 1.29 is 35.6 Å². The van der Waals surface area contributed by atoms with Crippen molar-refractivity contribution in [3.63, 3.8) is 0 Å². The van der Waals surface area contributed by atoms with E-state index in [0.717, 1.165) is 68.1 Å². The minimum atomic E-state index is -3.63. The van der Waals surface area contributed by atoms with E-state index >= 15 is 0 Å². The second-order valence-electron chi connectivity index (χ2n) is 6.45. The van der Waals surface area contributed by atoms with Crippen LogP contribution in [0, 0.1) is 0 Å². The Hall–Kier alpha value is -0.336. The summed E-state index contributed by atoms with van der Waals surface area (Å²) < 4.78 is 17.5. The van der Waals surface area contributed by atoms with Gasteiger partial charge in [0.05, 0.1) is 12.8 Å². The number of hydrogen-bond acceptors (Lipinski definition) is 3. The molecule has 25 heavy (non-hydrogen) atoms. The second kappa shape index (κ2) is 12.9. The summed E-state index contributed by atoms with van der Waals surface area (Å²) >= 11 is 0. The molecule has 0 aliphatic rings. The van der Waals surface area contributed by atoms with E-state index in [9.17, 15) is 14.6 Å². The van der Waals surface area contributed by atoms with Crippen LogP contribution >= 0.6 is 7.60 Å². The van der Waals surface area contributed by atoms with Gasteiger partial charge in [-0.2, -0.15) is 0 Å². The van der Waals surface area contributed by atoms with Gasteiger partial charge in [0.15, 0.2) is 0 Å². The van der Waals surface area contributed by atoms with Crippen molar-refractivity contribution in [2.75, 3.05) is 6.61 Å². The van der Waals surface area contributed by atoms with E-state index in [1.54, 1.807) is 0 Å². The van der Waals surface area contributed by atoms with Crippen LogP contribution in [0.1, 0.15) is 76.0 Å². The van der Waals surface area contributed by atoms with Crippen LogP contribution < -0.4 is 0 Å². The molecule has 1 rings (SSSR count). The van der Waals surface area contributed by atoms with Crippen LogP contribution in [-0.4, -0.2) is 16.6 Å². The zero-order valence-electron chi connectivity index (χ0n) is 15.7. The second-order valence-corrected chi connectivity index (χ2v) is 8.30. The molecule has 0 bridgehead atoms. The van der Waals surface area contributed by atoms with Gasteiger partial charge in [0.25, 0.3) is 0 Å². The Kier molecular flexibility index (Phi) is 12.8. The zero-order chi connectivity index (χ0) is 18.0. The zero-order valence-corrected chi connectivity index (χ0v) is 17.6. The van der Waals surface area contributed by atoms with Gasteiger partial charge in [-0.3, -0.25) is 4.57 Å². The molecular weight excluding hydrogens is 382 g/mol. The van der Waals surface area contributed by atoms with Gasteiger partial charge in [-0.1, -0.05) is 52.2 Å². The maximum Gasteiger partial charge on any atom is 0.332 e. The van der Waals surface area contributed by atoms with Crippen molar-refractivity contribution in [2.24, 2.45) is 0 Å². The van der Waals surface area contributed by atoms with E-state index < -0.39 is 7.60 Å². The molecule has 0 spiro atoms. The summed E-state index contributed by atoms with van der Waals surface area (Å²) in [6, 6.07) is 3.74. The first-order chi connectivity index (χ1) is 11.4. The van der Waals surface area contributed by atoms with Crippen LogP contribution in [0.5, 0.6) is 5.75 Å². The van der Waals surface area contributed by atoms with Gasteiger partial charge in [0, 0.05) is 16.5 Å². The van der Waals surface area contributed by atoms with E-state index in [1.165, 1.54) is 0 Å². The third-order valence-corrected chi connectivity index (χ3v) is 5.45. The number of hydrogen-bond donors (Lipinski definition) is 2. The number of rotatable bonds is 12. The van der Waals surface area contributed by atoms with E-state index in [-0.39, 0.29) is 22.7 Å². The summed E-state index contributed by atoms with van der Waals surface area (Å²) in [6.07, 6.45) is 7.39. The third kappa shape index (κ3) is 9.24. The van der Waals surface area contributed by atoms with E-state index in [1.807, 2.05) is 19.1 Å². The molecule has 0 amide bonds. The van der Waals surface area contributed by atoms with Crippen LogP contribution in [0.2, 0.25) is 0 Å². The van der Waals surface area contributed by atoms with Gasteiger partial charge in [-0.05, 0) is 48.8 Å². The first-order valence-corrected chi connectivity index (χ1v) is 11.0. The molecule has 0 aliphatic heterocycles. The minimum absolute atomic E-state index is 0. The summed E-state index contributed by atoms with van der Waals surface area (Å²) in [7, 11) is -3.63. The summed E-state index contributed by atoms with van der Waals surface area (Å²) in [6.45, 7) is 6.56. The Morgan fingerprint density at radius 3 is 1.88 bits per heavy atom. The first kappa shape index (κ1) is 24.7. The number of aromatic hydroxyl groups is 1. The molecule has 0 saturated heterocycles. The normalized spacial score (nSPS) is 13.3. The maximum absolute atomic E-state index is 12.3. The Balaban J connectivity index is 0.00000576. The number of phenolic OH excluding ortho intramolecular Hbond substituents is 1. The monoisotopic (exact) mass is 414 g/mol. The molecule has 1 atom stereocenters. The molecule has 6 heteroatoms. The molecule has 0 saturated carbocycles. The standard InChI is InChI=1S/C19H33O4P.Ni/c1-4-7-10-17-13-16(14-18(19(17)20)11-8-5-2)15-24(21,22)23-12-9-6-3;/h13-14,20H,4-12,15H2,1-3H3,(H,21,22);. The molecule has 4 nitrogen and oxygen atoms in total. The van der Waals surface area contributed by atoms with Crippen LogP contribution in [0.15, 0.2) is 12.1 Å². The van der Waals surface area contributed by atoms with Gasteiger partial charge in [-0.15, -0.1) is 0 Å². The third-order valence-electron chi connectivity index (χ3n) is 4.10. The number of unbranched alkanes of at least 4 members (excludes halogenated alkanes) is 3. The molecule has 1 unspecified atom stereocenters. The summed E-state index contributed by atoms with van der Waals surface area (Å²) in [4.78, 5) is 10.1. The average Bonchev–Trinajstić information content (AvgIpc) is 2.53. The molecule has 0 heterocycles. The van der Waals surface area contributed by atoms with E-state index in [2.05, 4.69) is 13.8 Å². The van der Waals surface area contributed by atoms with Crippen LogP contribution in [0.25, 0.3) is 0 Å². The first-order valence-electron chi connectivity index (χ1n) is 9.23. The molecule has 1 aromatic carbocycles. The maximum atomic E-state index is 12.3. The molecule has 0 aliphatic carbocycles. The molecule has 0 radical (unpaired) electrons. The Morgan fingerprint density at radius 1 is 0.960 bits per heavy atom. The number of aryl methyl sites for hydroxylation is 2. The fourth-order valence-electron chi connectivity index (χ4n) is 2.67. The van der Waals surface area contributed by atoms with Gasteiger partial charge < -0.3 is 14.5 Å². The van der Waals surface area contributed by atoms with Crippen molar-refractivity contribution in [3.05, 3.63) is 28.8 Å². The average molecular weight is 415 g/mol. The van der Waals surface area contributed by atoms with Gasteiger partial charge in [0.1, 0.15) is 5.75 Å². The van der Waals surface area contributed by atoms with Crippen molar-refractivity contribution in [3.8, 4) is 5.75 Å². The fourth-order valence-corrected chi connectivity index (χ4v) is 3.82. The quantitative estimate of drug-likeness (QED) is 0.266. The molecule has 0 fully saturated rings. The topological polar surface area (TPSA) is 66.8 Å². The number of phenols is 1. The van der Waals surface area contributed by atoms with Crippen molar-refractivity contribution >= 4 is 7.60 Å². The van der Waals surface area contributed by atoms with Crippen molar-refractivity contribution in [1.29, 1.82) is 0 Å². The Morgan fingerprint density at radius 2 is 1.44 bits per heavy atom. The predicted molar refractivity (Wildman–Crippen MR) is 99.7 cm³/mol. The molecule has 0 aromatic heterocycles. The van der Waals surface area contributed by atoms with Gasteiger partial charge in [0.2, 0.25) is 0 Å². The smallest absolute Gasteiger partial charge is 0.332 e. The molecule has 1 aromatic rings. The summed E-state index contributed by atoms with van der Waals surface area (Å²) in [5, 5.41) is 10.5. The molecular formula is C19H33NiO4P. The van der Waals surface area contributed by atoms with Crippen LogP contribution in [0.3, 0.4) is 0 Å². The SMILES string of the molecule is CCCCOP(=O)(O)Cc1cc(CCCC)c(O)c(CCCC)c1.[Ni]. The van der Waals surface area contributed by atoms with Crippen LogP contribution in [-0.2, 0) is 44.6 Å². The summed E-state index contributed by atoms with van der Waals surface area (Å²) in [5.74, 6) is 0.361. The fraction of sp³-hybridized carbons (Fsp3) is 0.684. The van der Waals surface area contributed by atoms with E-state index in [4.69, 9.17) is 4.52 Å². The van der Waals surface area contributed by atoms with Gasteiger partial charge in [-0.25, -0.2) is 0 Å². The van der Waals surface area contributed by atoms with E-state index in [0.29, 0.717) is 12.4 Å². The van der Waals surface area contributed by atoms with Gasteiger partial charge >= 0.3 is 7.60 Å². The predicted octanol–water partition coefficient (Wildman–Crippen LogP) is 5.58. The van der Waals surface area contributed by atoms with Crippen molar-refractivity contribution in [1.82, 2.24) is 0 Å². The largest absolute Gasteiger partial charge is 0.507 e. The summed E-state index contributed by atoms with van der Waals surface area (Å²) in [5.41, 5.74) is 2.55. The number of benzene rings is 1. The minimum Gasteiger partial charge on any atom is -0.507 e. The Labute approximate surface area is 162 Å². The van der Waals surface area contributed by atoms with Crippen LogP contribution in [0.4, 0.5) is 0 Å². The van der Waals surface area contributed by atoms with Crippen molar-refractivity contribution in [2.45, 2.75) is 78.3 Å². The molecule has 2 N–H and O–H groups in total. The Bertz CT molecular complexity index is 519.